The fourth-order valence-corrected chi connectivity index (χ4v) is 3.02. The molecule has 1 aromatic rings. The Morgan fingerprint density at radius 2 is 2.19 bits per heavy atom. The summed E-state index contributed by atoms with van der Waals surface area (Å²) in [6, 6.07) is 0. The Hall–Kier alpha value is -1.25. The van der Waals surface area contributed by atoms with Crippen molar-refractivity contribution in [1.82, 2.24) is 20.0 Å². The number of aliphatic hydroxyl groups excluding tert-OH is 1. The molecule has 1 aromatic heterocycles. The molecule has 0 spiro atoms. The van der Waals surface area contributed by atoms with Gasteiger partial charge in [-0.15, -0.1) is 10.2 Å². The largest absolute Gasteiger partial charge is 0.395 e. The molecule has 1 saturated heterocycles. The zero-order valence-corrected chi connectivity index (χ0v) is 13.2. The molecule has 0 atom stereocenters. The van der Waals surface area contributed by atoms with Crippen molar-refractivity contribution in [3.8, 4) is 0 Å². The Morgan fingerprint density at radius 1 is 1.33 bits per heavy atom. The molecule has 1 aliphatic heterocycles. The Kier molecular flexibility index (Phi) is 6.34. The molecule has 0 aromatic carbocycles. The average Bonchev–Trinajstić information content (AvgIpc) is 2.84. The molecule has 0 saturated carbocycles. The van der Waals surface area contributed by atoms with E-state index in [1.54, 1.807) is 0 Å². The second kappa shape index (κ2) is 8.26. The second-order valence-corrected chi connectivity index (χ2v) is 6.03. The molecule has 0 unspecified atom stereocenters. The Bertz CT molecular complexity index is 454. The standard InChI is InChI=1S/C13H23N5O2S/c1-2-4-14-13-16-15-11(21-13)12(20)18-6-3-5-17(7-8-18)9-10-19/h19H,2-10H2,1H3,(H,14,16). The number of β-amino-alcohol motifs (C(OH)–C–C–N with tert-alkyl or cyclic N) is 1. The van der Waals surface area contributed by atoms with Gasteiger partial charge in [0.15, 0.2) is 0 Å². The predicted octanol–water partition coefficient (Wildman–Crippen LogP) is 0.500. The van der Waals surface area contributed by atoms with E-state index in [2.05, 4.69) is 27.3 Å². The van der Waals surface area contributed by atoms with Crippen molar-refractivity contribution in [1.29, 1.82) is 0 Å². The van der Waals surface area contributed by atoms with E-state index in [4.69, 9.17) is 5.11 Å². The monoisotopic (exact) mass is 313 g/mol. The van der Waals surface area contributed by atoms with Crippen LogP contribution in [0.2, 0.25) is 0 Å². The fourth-order valence-electron chi connectivity index (χ4n) is 2.29. The first kappa shape index (κ1) is 16.1. The minimum Gasteiger partial charge on any atom is -0.395 e. The Balaban J connectivity index is 1.91. The molecule has 1 aliphatic rings. The second-order valence-electron chi connectivity index (χ2n) is 5.05. The van der Waals surface area contributed by atoms with E-state index in [1.165, 1.54) is 11.3 Å². The summed E-state index contributed by atoms with van der Waals surface area (Å²) in [5, 5.41) is 21.3. The molecule has 2 N–H and O–H groups in total. The molecule has 0 aliphatic carbocycles. The van der Waals surface area contributed by atoms with Gasteiger partial charge in [-0.2, -0.15) is 0 Å². The summed E-state index contributed by atoms with van der Waals surface area (Å²) in [5.74, 6) is -0.0390. The van der Waals surface area contributed by atoms with E-state index in [0.717, 1.165) is 39.0 Å². The minimum atomic E-state index is -0.0390. The highest BCUT2D eigenvalue weighted by Gasteiger charge is 2.23. The first-order chi connectivity index (χ1) is 10.2. The van der Waals surface area contributed by atoms with Gasteiger partial charge in [0.05, 0.1) is 6.61 Å². The molecule has 118 valence electrons. The van der Waals surface area contributed by atoms with E-state index in [0.29, 0.717) is 23.2 Å². The number of carbonyl (C=O) groups is 1. The summed E-state index contributed by atoms with van der Waals surface area (Å²) in [6.07, 6.45) is 1.93. The van der Waals surface area contributed by atoms with E-state index in [9.17, 15) is 4.79 Å². The van der Waals surface area contributed by atoms with Gasteiger partial charge >= 0.3 is 0 Å². The smallest absolute Gasteiger partial charge is 0.284 e. The molecule has 0 radical (unpaired) electrons. The van der Waals surface area contributed by atoms with E-state index in [-0.39, 0.29) is 12.5 Å². The number of rotatable bonds is 6. The maximum Gasteiger partial charge on any atom is 0.284 e. The van der Waals surface area contributed by atoms with Crippen LogP contribution in [0.4, 0.5) is 5.13 Å². The summed E-state index contributed by atoms with van der Waals surface area (Å²) in [5.41, 5.74) is 0. The molecular formula is C13H23N5O2S. The topological polar surface area (TPSA) is 81.6 Å². The normalized spacial score (nSPS) is 16.8. The number of hydrogen-bond acceptors (Lipinski definition) is 7. The molecule has 7 nitrogen and oxygen atoms in total. The van der Waals surface area contributed by atoms with Crippen LogP contribution in [0.3, 0.4) is 0 Å². The number of aliphatic hydroxyl groups is 1. The molecule has 0 bridgehead atoms. The molecule has 1 fully saturated rings. The molecule has 2 heterocycles. The number of hydrogen-bond donors (Lipinski definition) is 2. The fraction of sp³-hybridized carbons (Fsp3) is 0.769. The summed E-state index contributed by atoms with van der Waals surface area (Å²) in [6.45, 7) is 6.88. The first-order valence-corrected chi connectivity index (χ1v) is 8.26. The minimum absolute atomic E-state index is 0.0390. The van der Waals surface area contributed by atoms with Crippen molar-refractivity contribution in [2.24, 2.45) is 0 Å². The lowest BCUT2D eigenvalue weighted by molar-refractivity contribution is 0.0759. The molecular weight excluding hydrogens is 290 g/mol. The average molecular weight is 313 g/mol. The van der Waals surface area contributed by atoms with Crippen LogP contribution in [0.25, 0.3) is 0 Å². The molecule has 8 heteroatoms. The van der Waals surface area contributed by atoms with Crippen molar-refractivity contribution in [2.75, 3.05) is 51.2 Å². The lowest BCUT2D eigenvalue weighted by atomic mass is 10.4. The van der Waals surface area contributed by atoms with Crippen LogP contribution in [0.1, 0.15) is 29.6 Å². The summed E-state index contributed by atoms with van der Waals surface area (Å²) in [4.78, 5) is 16.5. The van der Waals surface area contributed by atoms with E-state index >= 15 is 0 Å². The third-order valence-corrected chi connectivity index (χ3v) is 4.30. The predicted molar refractivity (Wildman–Crippen MR) is 82.7 cm³/mol. The van der Waals surface area contributed by atoms with Gasteiger partial charge in [0, 0.05) is 32.7 Å². The number of amides is 1. The quantitative estimate of drug-likeness (QED) is 0.796. The number of nitrogens with zero attached hydrogens (tertiary/aromatic N) is 4. The van der Waals surface area contributed by atoms with Crippen LogP contribution in [0, 0.1) is 0 Å². The van der Waals surface area contributed by atoms with E-state index in [1.807, 2.05) is 4.90 Å². The molecule has 1 amide bonds. The highest BCUT2D eigenvalue weighted by molar-refractivity contribution is 7.17. The maximum absolute atomic E-state index is 12.4. The van der Waals surface area contributed by atoms with Gasteiger partial charge in [-0.3, -0.25) is 9.69 Å². The Labute approximate surface area is 129 Å². The molecule has 2 rings (SSSR count). The van der Waals surface area contributed by atoms with Gasteiger partial charge in [0.25, 0.3) is 5.91 Å². The van der Waals surface area contributed by atoms with Crippen LogP contribution < -0.4 is 5.32 Å². The lowest BCUT2D eigenvalue weighted by Gasteiger charge is -2.20. The van der Waals surface area contributed by atoms with Gasteiger partial charge < -0.3 is 15.3 Å². The summed E-state index contributed by atoms with van der Waals surface area (Å²) >= 11 is 1.31. The van der Waals surface area contributed by atoms with Gasteiger partial charge in [0.2, 0.25) is 10.1 Å². The van der Waals surface area contributed by atoms with Crippen molar-refractivity contribution < 1.29 is 9.90 Å². The van der Waals surface area contributed by atoms with Crippen molar-refractivity contribution >= 4 is 22.4 Å². The number of carbonyl (C=O) groups excluding carboxylic acids is 1. The van der Waals surface area contributed by atoms with Crippen LogP contribution in [0.5, 0.6) is 0 Å². The van der Waals surface area contributed by atoms with Gasteiger partial charge in [-0.25, -0.2) is 0 Å². The highest BCUT2D eigenvalue weighted by atomic mass is 32.1. The Morgan fingerprint density at radius 3 is 2.95 bits per heavy atom. The van der Waals surface area contributed by atoms with Crippen molar-refractivity contribution in [2.45, 2.75) is 19.8 Å². The number of nitrogens with one attached hydrogen (secondary N) is 1. The van der Waals surface area contributed by atoms with Gasteiger partial charge in [-0.1, -0.05) is 18.3 Å². The zero-order chi connectivity index (χ0) is 15.1. The summed E-state index contributed by atoms with van der Waals surface area (Å²) < 4.78 is 0. The summed E-state index contributed by atoms with van der Waals surface area (Å²) in [7, 11) is 0. The van der Waals surface area contributed by atoms with E-state index < -0.39 is 0 Å². The van der Waals surface area contributed by atoms with Crippen LogP contribution >= 0.6 is 11.3 Å². The first-order valence-electron chi connectivity index (χ1n) is 7.44. The van der Waals surface area contributed by atoms with Crippen LogP contribution in [-0.2, 0) is 0 Å². The van der Waals surface area contributed by atoms with Crippen molar-refractivity contribution in [3.05, 3.63) is 5.01 Å². The number of aromatic nitrogens is 2. The van der Waals surface area contributed by atoms with Crippen molar-refractivity contribution in [3.63, 3.8) is 0 Å². The third kappa shape index (κ3) is 4.62. The SMILES string of the molecule is CCCNc1nnc(C(=O)N2CCCN(CCO)CC2)s1. The van der Waals surface area contributed by atoms with Gasteiger partial charge in [-0.05, 0) is 19.4 Å². The van der Waals surface area contributed by atoms with Crippen LogP contribution in [-0.4, -0.2) is 76.9 Å². The lowest BCUT2D eigenvalue weighted by Crippen LogP contribution is -2.35. The highest BCUT2D eigenvalue weighted by Crippen LogP contribution is 2.17. The third-order valence-electron chi connectivity index (χ3n) is 3.43. The van der Waals surface area contributed by atoms with Gasteiger partial charge in [0.1, 0.15) is 0 Å². The molecule has 21 heavy (non-hydrogen) atoms. The maximum atomic E-state index is 12.4. The zero-order valence-electron chi connectivity index (χ0n) is 12.4. The number of anilines is 1. The van der Waals surface area contributed by atoms with Crippen LogP contribution in [0.15, 0.2) is 0 Å².